The van der Waals surface area contributed by atoms with E-state index in [2.05, 4.69) is 0 Å². The first-order valence-electron chi connectivity index (χ1n) is 3.42. The monoisotopic (exact) mass is 208 g/mol. The lowest BCUT2D eigenvalue weighted by Gasteiger charge is -2.19. The second-order valence-electron chi connectivity index (χ2n) is 2.83. The quantitative estimate of drug-likeness (QED) is 0.635. The van der Waals surface area contributed by atoms with Gasteiger partial charge in [-0.2, -0.15) is 9.57 Å². The van der Waals surface area contributed by atoms with Crippen molar-refractivity contribution in [2.75, 3.05) is 12.3 Å². The summed E-state index contributed by atoms with van der Waals surface area (Å²) in [5.41, 5.74) is -0.798. The largest absolute Gasteiger partial charge is 0.229 e. The fourth-order valence-electron chi connectivity index (χ4n) is 0.955. The molecule has 0 unspecified atom stereocenters. The number of halogens is 1. The van der Waals surface area contributed by atoms with Gasteiger partial charge in [-0.15, -0.1) is 11.6 Å². The van der Waals surface area contributed by atoms with Crippen molar-refractivity contribution in [3.05, 3.63) is 0 Å². The lowest BCUT2D eigenvalue weighted by molar-refractivity contribution is 0.413. The van der Waals surface area contributed by atoms with Gasteiger partial charge in [-0.3, -0.25) is 0 Å². The van der Waals surface area contributed by atoms with Crippen LogP contribution >= 0.6 is 11.6 Å². The zero-order chi connectivity index (χ0) is 9.41. The molecule has 1 fully saturated rings. The van der Waals surface area contributed by atoms with Crippen LogP contribution in [0.4, 0.5) is 0 Å². The first-order valence-corrected chi connectivity index (χ1v) is 5.57. The van der Waals surface area contributed by atoms with Gasteiger partial charge in [-0.05, 0) is 12.8 Å². The highest BCUT2D eigenvalue weighted by atomic mass is 35.5. The zero-order valence-corrected chi connectivity index (χ0v) is 8.19. The molecule has 0 N–H and O–H groups in total. The fourth-order valence-corrected chi connectivity index (χ4v) is 2.30. The van der Waals surface area contributed by atoms with Crippen molar-refractivity contribution in [3.8, 4) is 6.07 Å². The number of rotatable bonds is 3. The Labute approximate surface area is 76.8 Å². The molecule has 0 aromatic carbocycles. The van der Waals surface area contributed by atoms with Crippen LogP contribution in [0.15, 0.2) is 0 Å². The van der Waals surface area contributed by atoms with Crippen LogP contribution in [0.5, 0.6) is 0 Å². The molecule has 0 saturated heterocycles. The molecule has 0 aromatic heterocycles. The van der Waals surface area contributed by atoms with Gasteiger partial charge in [-0.1, -0.05) is 0 Å². The Morgan fingerprint density at radius 2 is 2.17 bits per heavy atom. The van der Waals surface area contributed by atoms with E-state index in [1.807, 2.05) is 6.07 Å². The number of alkyl halides is 1. The molecule has 0 aliphatic heterocycles. The van der Waals surface area contributed by atoms with Gasteiger partial charge in [-0.25, -0.2) is 8.42 Å². The zero-order valence-electron chi connectivity index (χ0n) is 6.62. The average molecular weight is 209 g/mol. The van der Waals surface area contributed by atoms with Gasteiger partial charge in [0.15, 0.2) is 0 Å². The summed E-state index contributed by atoms with van der Waals surface area (Å²) in [6.07, 6.45) is 1.21. The Balaban J connectivity index is 2.87. The van der Waals surface area contributed by atoms with E-state index in [9.17, 15) is 8.42 Å². The number of nitrogens with zero attached hydrogens (tertiary/aromatic N) is 2. The maximum atomic E-state index is 11.2. The minimum atomic E-state index is -3.43. The molecule has 0 atom stereocenters. The molecule has 1 aliphatic carbocycles. The van der Waals surface area contributed by atoms with E-state index in [1.54, 1.807) is 0 Å². The smallest absolute Gasteiger partial charge is 0.211 e. The third-order valence-electron chi connectivity index (χ3n) is 2.09. The third kappa shape index (κ3) is 1.42. The fraction of sp³-hybridized carbons (Fsp3) is 0.833. The van der Waals surface area contributed by atoms with E-state index in [4.69, 9.17) is 16.9 Å². The normalized spacial score (nSPS) is 20.5. The Hall–Kier alpha value is -0.310. The number of nitriles is 1. The van der Waals surface area contributed by atoms with E-state index >= 15 is 0 Å². The molecule has 0 aromatic rings. The van der Waals surface area contributed by atoms with Crippen LogP contribution in [0.3, 0.4) is 0 Å². The summed E-state index contributed by atoms with van der Waals surface area (Å²) in [5.74, 6) is 0. The molecule has 12 heavy (non-hydrogen) atoms. The van der Waals surface area contributed by atoms with Crippen LogP contribution in [0.1, 0.15) is 12.8 Å². The second kappa shape index (κ2) is 2.87. The summed E-state index contributed by atoms with van der Waals surface area (Å²) in [4.78, 5) is 0. The number of hydrogen-bond donors (Lipinski definition) is 0. The van der Waals surface area contributed by atoms with Crippen molar-refractivity contribution in [2.24, 2.45) is 0 Å². The maximum Gasteiger partial charge on any atom is 0.229 e. The van der Waals surface area contributed by atoms with Crippen molar-refractivity contribution in [1.82, 2.24) is 4.31 Å². The predicted molar refractivity (Wildman–Crippen MR) is 45.0 cm³/mol. The molecular weight excluding hydrogens is 200 g/mol. The summed E-state index contributed by atoms with van der Waals surface area (Å²) in [7, 11) is -2.03. The lowest BCUT2D eigenvalue weighted by Crippen LogP contribution is -2.38. The number of hydrogen-bond acceptors (Lipinski definition) is 3. The van der Waals surface area contributed by atoms with Crippen molar-refractivity contribution >= 4 is 21.6 Å². The van der Waals surface area contributed by atoms with Crippen molar-refractivity contribution < 1.29 is 8.42 Å². The van der Waals surface area contributed by atoms with E-state index in [0.717, 1.165) is 4.31 Å². The molecule has 0 spiro atoms. The standard InChI is InChI=1S/C6H9ClN2O2S/c1-9(12(10,11)5-7)6(4-8)2-3-6/h2-3,5H2,1H3. The van der Waals surface area contributed by atoms with E-state index in [1.165, 1.54) is 7.05 Å². The SMILES string of the molecule is CN(C1(C#N)CC1)S(=O)(=O)CCl. The molecule has 0 bridgehead atoms. The molecule has 4 nitrogen and oxygen atoms in total. The summed E-state index contributed by atoms with van der Waals surface area (Å²) in [6.45, 7) is 0. The minimum absolute atomic E-state index is 0.465. The Morgan fingerprint density at radius 1 is 1.67 bits per heavy atom. The van der Waals surface area contributed by atoms with Crippen LogP contribution < -0.4 is 0 Å². The molecule has 1 saturated carbocycles. The highest BCUT2D eigenvalue weighted by molar-refractivity contribution is 7.90. The van der Waals surface area contributed by atoms with Gasteiger partial charge in [0.05, 0.1) is 6.07 Å². The van der Waals surface area contributed by atoms with Gasteiger partial charge in [0.2, 0.25) is 10.0 Å². The van der Waals surface area contributed by atoms with Crippen LogP contribution in [0, 0.1) is 11.3 Å². The highest BCUT2D eigenvalue weighted by Crippen LogP contribution is 2.41. The molecular formula is C6H9ClN2O2S. The Bertz CT molecular complexity index is 315. The summed E-state index contributed by atoms with van der Waals surface area (Å²) in [6, 6.07) is 1.98. The van der Waals surface area contributed by atoms with Crippen molar-refractivity contribution in [1.29, 1.82) is 5.26 Å². The number of sulfonamides is 1. The summed E-state index contributed by atoms with van der Waals surface area (Å²) < 4.78 is 23.5. The Morgan fingerprint density at radius 3 is 2.42 bits per heavy atom. The van der Waals surface area contributed by atoms with Gasteiger partial charge in [0, 0.05) is 7.05 Å². The van der Waals surface area contributed by atoms with E-state index < -0.39 is 20.8 Å². The van der Waals surface area contributed by atoms with E-state index in [0.29, 0.717) is 12.8 Å². The van der Waals surface area contributed by atoms with Gasteiger partial charge in [0.25, 0.3) is 0 Å². The average Bonchev–Trinajstić information content (AvgIpc) is 2.83. The molecule has 0 heterocycles. The molecule has 0 amide bonds. The first-order chi connectivity index (χ1) is 5.48. The molecule has 1 rings (SSSR count). The second-order valence-corrected chi connectivity index (χ2v) is 5.42. The topological polar surface area (TPSA) is 61.2 Å². The molecule has 0 radical (unpaired) electrons. The van der Waals surface area contributed by atoms with Crippen molar-refractivity contribution in [3.63, 3.8) is 0 Å². The highest BCUT2D eigenvalue weighted by Gasteiger charge is 2.51. The lowest BCUT2D eigenvalue weighted by atomic mass is 10.3. The van der Waals surface area contributed by atoms with Crippen LogP contribution in [0.25, 0.3) is 0 Å². The first kappa shape index (κ1) is 9.78. The van der Waals surface area contributed by atoms with Crippen molar-refractivity contribution in [2.45, 2.75) is 18.4 Å². The molecule has 6 heteroatoms. The predicted octanol–water partition coefficient (Wildman–Crippen LogP) is 0.500. The molecule has 68 valence electrons. The van der Waals surface area contributed by atoms with Gasteiger partial charge < -0.3 is 0 Å². The van der Waals surface area contributed by atoms with E-state index in [-0.39, 0.29) is 0 Å². The van der Waals surface area contributed by atoms with Crippen LogP contribution in [-0.2, 0) is 10.0 Å². The van der Waals surface area contributed by atoms with Gasteiger partial charge in [0.1, 0.15) is 10.8 Å². The van der Waals surface area contributed by atoms with Crippen LogP contribution in [-0.4, -0.2) is 30.5 Å². The third-order valence-corrected chi connectivity index (χ3v) is 4.38. The Kier molecular flexibility index (Phi) is 2.34. The van der Waals surface area contributed by atoms with Crippen LogP contribution in [0.2, 0.25) is 0 Å². The summed E-state index contributed by atoms with van der Waals surface area (Å²) >= 11 is 5.24. The molecule has 1 aliphatic rings. The van der Waals surface area contributed by atoms with Gasteiger partial charge >= 0.3 is 0 Å². The minimum Gasteiger partial charge on any atom is -0.211 e. The summed E-state index contributed by atoms with van der Waals surface area (Å²) in [5, 5.41) is 8.22. The maximum absolute atomic E-state index is 11.2.